The lowest BCUT2D eigenvalue weighted by Crippen LogP contribution is -2.16. The van der Waals surface area contributed by atoms with Gasteiger partial charge < -0.3 is 0 Å². The zero-order chi connectivity index (χ0) is 21.8. The highest BCUT2D eigenvalue weighted by Crippen LogP contribution is 2.42. The van der Waals surface area contributed by atoms with Crippen LogP contribution in [0.5, 0.6) is 0 Å². The fourth-order valence-corrected chi connectivity index (χ4v) is 4.67. The second-order valence-electron chi connectivity index (χ2n) is 8.41. The van der Waals surface area contributed by atoms with Crippen molar-refractivity contribution < 1.29 is 22.0 Å². The molecule has 30 heavy (non-hydrogen) atoms. The molecule has 2 aromatic rings. The second-order valence-corrected chi connectivity index (χ2v) is 8.41. The molecule has 164 valence electrons. The van der Waals surface area contributed by atoms with Gasteiger partial charge in [-0.25, -0.2) is 22.0 Å². The van der Waals surface area contributed by atoms with E-state index in [1.165, 1.54) is 18.6 Å². The number of unbranched alkanes of at least 4 members (excludes halogenated alkanes) is 2. The number of halogens is 5. The van der Waals surface area contributed by atoms with Crippen molar-refractivity contribution in [3.05, 3.63) is 58.4 Å². The average Bonchev–Trinajstić information content (AvgIpc) is 2.74. The van der Waals surface area contributed by atoms with Crippen molar-refractivity contribution in [1.82, 2.24) is 0 Å². The van der Waals surface area contributed by atoms with Crippen LogP contribution < -0.4 is 0 Å². The molecule has 1 saturated carbocycles. The Labute approximate surface area is 175 Å². The molecule has 0 radical (unpaired) electrons. The lowest BCUT2D eigenvalue weighted by atomic mass is 9.76. The van der Waals surface area contributed by atoms with E-state index in [0.29, 0.717) is 18.8 Å². The van der Waals surface area contributed by atoms with Gasteiger partial charge >= 0.3 is 0 Å². The number of hydrogen-bond donors (Lipinski definition) is 0. The molecular weight excluding hydrogens is 395 g/mol. The van der Waals surface area contributed by atoms with Crippen LogP contribution in [0.25, 0.3) is 11.1 Å². The molecule has 1 aliphatic carbocycles. The second kappa shape index (κ2) is 9.93. The third-order valence-corrected chi connectivity index (χ3v) is 6.50. The average molecular weight is 424 g/mol. The standard InChI is InChI=1S/C25H29F5/c1-3-5-6-7-15-8-10-17(11-9-15)21-20(26)14-19(24(29)25(21)30)18-13-12-16(4-2)22(27)23(18)28/h12-15,17H,3-11H2,1-2H3. The van der Waals surface area contributed by atoms with Crippen LogP contribution in [0.2, 0.25) is 0 Å². The molecule has 0 atom stereocenters. The highest BCUT2D eigenvalue weighted by Gasteiger charge is 2.30. The Morgan fingerprint density at radius 1 is 0.767 bits per heavy atom. The highest BCUT2D eigenvalue weighted by molar-refractivity contribution is 5.66. The normalized spacial score (nSPS) is 19.3. The molecule has 3 rings (SSSR count). The van der Waals surface area contributed by atoms with Gasteiger partial charge in [-0.05, 0) is 55.6 Å². The number of benzene rings is 2. The first kappa shape index (κ1) is 22.8. The Morgan fingerprint density at radius 2 is 1.43 bits per heavy atom. The molecule has 0 spiro atoms. The van der Waals surface area contributed by atoms with Gasteiger partial charge in [0.25, 0.3) is 0 Å². The van der Waals surface area contributed by atoms with Gasteiger partial charge in [-0.3, -0.25) is 0 Å². The smallest absolute Gasteiger partial charge is 0.167 e. The molecule has 0 saturated heterocycles. The van der Waals surface area contributed by atoms with E-state index in [1.54, 1.807) is 6.92 Å². The number of hydrogen-bond acceptors (Lipinski definition) is 0. The van der Waals surface area contributed by atoms with Gasteiger partial charge in [0, 0.05) is 16.7 Å². The summed E-state index contributed by atoms with van der Waals surface area (Å²) < 4.78 is 73.1. The lowest BCUT2D eigenvalue weighted by molar-refractivity contribution is 0.293. The maximum Gasteiger partial charge on any atom is 0.167 e. The molecule has 0 bridgehead atoms. The first-order chi connectivity index (χ1) is 14.4. The Balaban J connectivity index is 1.85. The van der Waals surface area contributed by atoms with E-state index in [2.05, 4.69) is 6.92 Å². The van der Waals surface area contributed by atoms with Gasteiger partial charge in [0.2, 0.25) is 0 Å². The van der Waals surface area contributed by atoms with Crippen molar-refractivity contribution in [2.75, 3.05) is 0 Å². The predicted molar refractivity (Wildman–Crippen MR) is 110 cm³/mol. The van der Waals surface area contributed by atoms with Crippen LogP contribution in [-0.4, -0.2) is 0 Å². The van der Waals surface area contributed by atoms with Crippen LogP contribution in [0, 0.1) is 35.0 Å². The summed E-state index contributed by atoms with van der Waals surface area (Å²) in [6, 6.07) is 3.30. The molecule has 0 amide bonds. The van der Waals surface area contributed by atoms with Crippen LogP contribution in [-0.2, 0) is 6.42 Å². The molecule has 0 aliphatic heterocycles. The topological polar surface area (TPSA) is 0 Å². The van der Waals surface area contributed by atoms with E-state index in [4.69, 9.17) is 0 Å². The fourth-order valence-electron chi connectivity index (χ4n) is 4.67. The first-order valence-corrected chi connectivity index (χ1v) is 11.0. The van der Waals surface area contributed by atoms with Gasteiger partial charge in [-0.2, -0.15) is 0 Å². The molecule has 0 nitrogen and oxygen atoms in total. The third-order valence-electron chi connectivity index (χ3n) is 6.50. The maximum atomic E-state index is 14.9. The zero-order valence-electron chi connectivity index (χ0n) is 17.6. The van der Waals surface area contributed by atoms with Crippen LogP contribution >= 0.6 is 0 Å². The summed E-state index contributed by atoms with van der Waals surface area (Å²) in [6.45, 7) is 3.81. The quantitative estimate of drug-likeness (QED) is 0.238. The SMILES string of the molecule is CCCCCC1CCC(c2c(F)cc(-c3ccc(CC)c(F)c3F)c(F)c2F)CC1. The summed E-state index contributed by atoms with van der Waals surface area (Å²) in [6.07, 6.45) is 7.84. The van der Waals surface area contributed by atoms with Crippen molar-refractivity contribution in [1.29, 1.82) is 0 Å². The summed E-state index contributed by atoms with van der Waals surface area (Å²) in [4.78, 5) is 0. The summed E-state index contributed by atoms with van der Waals surface area (Å²) >= 11 is 0. The van der Waals surface area contributed by atoms with Crippen molar-refractivity contribution in [2.24, 2.45) is 5.92 Å². The minimum Gasteiger partial charge on any atom is -0.207 e. The minimum absolute atomic E-state index is 0.130. The van der Waals surface area contributed by atoms with E-state index < -0.39 is 40.2 Å². The molecular formula is C25H29F5. The Kier molecular flexibility index (Phi) is 7.54. The predicted octanol–water partition coefficient (Wildman–Crippen LogP) is 8.47. The Bertz CT molecular complexity index is 882. The summed E-state index contributed by atoms with van der Waals surface area (Å²) in [5.41, 5.74) is -1.17. The van der Waals surface area contributed by atoms with Gasteiger partial charge in [0.05, 0.1) is 0 Å². The van der Waals surface area contributed by atoms with Crippen LogP contribution in [0.15, 0.2) is 18.2 Å². The minimum atomic E-state index is -1.32. The fraction of sp³-hybridized carbons (Fsp3) is 0.520. The van der Waals surface area contributed by atoms with Crippen LogP contribution in [0.3, 0.4) is 0 Å². The molecule has 5 heteroatoms. The summed E-state index contributed by atoms with van der Waals surface area (Å²) in [5.74, 6) is -5.72. The summed E-state index contributed by atoms with van der Waals surface area (Å²) in [7, 11) is 0. The highest BCUT2D eigenvalue weighted by atomic mass is 19.2. The third kappa shape index (κ3) is 4.55. The van der Waals surface area contributed by atoms with E-state index in [1.807, 2.05) is 0 Å². The van der Waals surface area contributed by atoms with E-state index in [9.17, 15) is 22.0 Å². The Hall–Kier alpha value is -1.91. The van der Waals surface area contributed by atoms with Crippen molar-refractivity contribution in [3.8, 4) is 11.1 Å². The largest absolute Gasteiger partial charge is 0.207 e. The molecule has 1 aliphatic rings. The molecule has 0 unspecified atom stereocenters. The molecule has 0 aromatic heterocycles. The van der Waals surface area contributed by atoms with Crippen molar-refractivity contribution in [3.63, 3.8) is 0 Å². The van der Waals surface area contributed by atoms with E-state index >= 15 is 0 Å². The number of rotatable bonds is 7. The molecule has 1 fully saturated rings. The molecule has 0 N–H and O–H groups in total. The van der Waals surface area contributed by atoms with Gasteiger partial charge in [0.15, 0.2) is 23.3 Å². The Morgan fingerprint density at radius 3 is 2.07 bits per heavy atom. The molecule has 2 aromatic carbocycles. The maximum absolute atomic E-state index is 14.9. The van der Waals surface area contributed by atoms with Gasteiger partial charge in [-0.1, -0.05) is 51.7 Å². The summed E-state index contributed by atoms with van der Waals surface area (Å²) in [5, 5.41) is 0. The van der Waals surface area contributed by atoms with E-state index in [-0.39, 0.29) is 23.5 Å². The first-order valence-electron chi connectivity index (χ1n) is 11.0. The van der Waals surface area contributed by atoms with E-state index in [0.717, 1.165) is 38.2 Å². The van der Waals surface area contributed by atoms with Crippen LogP contribution in [0.4, 0.5) is 22.0 Å². The number of aryl methyl sites for hydroxylation is 1. The lowest BCUT2D eigenvalue weighted by Gasteiger charge is -2.29. The van der Waals surface area contributed by atoms with Crippen LogP contribution in [0.1, 0.15) is 82.3 Å². The van der Waals surface area contributed by atoms with Gasteiger partial charge in [-0.15, -0.1) is 0 Å². The molecule has 0 heterocycles. The van der Waals surface area contributed by atoms with Crippen molar-refractivity contribution >= 4 is 0 Å². The van der Waals surface area contributed by atoms with Gasteiger partial charge in [0.1, 0.15) is 5.82 Å². The zero-order valence-corrected chi connectivity index (χ0v) is 17.6. The van der Waals surface area contributed by atoms with Crippen molar-refractivity contribution in [2.45, 2.75) is 77.6 Å². The monoisotopic (exact) mass is 424 g/mol.